The molecule has 0 aromatic carbocycles. The van der Waals surface area contributed by atoms with E-state index in [2.05, 4.69) is 15.1 Å². The van der Waals surface area contributed by atoms with Gasteiger partial charge in [-0.2, -0.15) is 0 Å². The molecule has 0 unspecified atom stereocenters. The van der Waals surface area contributed by atoms with E-state index in [1.54, 1.807) is 0 Å². The van der Waals surface area contributed by atoms with Gasteiger partial charge in [0.25, 0.3) is 0 Å². The molecule has 1 amide bonds. The summed E-state index contributed by atoms with van der Waals surface area (Å²) in [5.41, 5.74) is 0. The lowest BCUT2D eigenvalue weighted by Crippen LogP contribution is -2.44. The van der Waals surface area contributed by atoms with Crippen molar-refractivity contribution in [3.05, 3.63) is 0 Å². The Kier molecular flexibility index (Phi) is 12.3. The normalized spacial score (nSPS) is 20.1. The maximum absolute atomic E-state index is 12.0. The van der Waals surface area contributed by atoms with Gasteiger partial charge >= 0.3 is 0 Å². The Morgan fingerprint density at radius 3 is 2.36 bits per heavy atom. The zero-order valence-electron chi connectivity index (χ0n) is 13.6. The summed E-state index contributed by atoms with van der Waals surface area (Å²) in [6, 6.07) is 0. The van der Waals surface area contributed by atoms with Gasteiger partial charge in [0, 0.05) is 39.1 Å². The summed E-state index contributed by atoms with van der Waals surface area (Å²) in [4.78, 5) is 16.6. The quantitative estimate of drug-likeness (QED) is 0.731. The minimum Gasteiger partial charge on any atom is -0.379 e. The van der Waals surface area contributed by atoms with E-state index in [1.165, 1.54) is 6.54 Å². The average molecular weight is 356 g/mol. The fraction of sp³-hybridized carbons (Fsp3) is 0.933. The molecular weight excluding hydrogens is 325 g/mol. The summed E-state index contributed by atoms with van der Waals surface area (Å²) in [5, 5.41) is 3.09. The van der Waals surface area contributed by atoms with Crippen LogP contribution < -0.4 is 5.32 Å². The van der Waals surface area contributed by atoms with Crippen molar-refractivity contribution in [3.8, 4) is 0 Å². The molecule has 0 aromatic rings. The Bertz CT molecular complexity index is 295. The number of carbonyl (C=O) groups excluding carboxylic acids is 1. The number of nitrogens with zero attached hydrogens (tertiary/aromatic N) is 2. The number of likely N-dealkylation sites (tertiary alicyclic amines) is 1. The number of morpholine rings is 1. The molecular formula is C15H31Cl2N3O2. The van der Waals surface area contributed by atoms with Crippen molar-refractivity contribution in [1.82, 2.24) is 15.1 Å². The molecule has 7 heteroatoms. The smallest absolute Gasteiger partial charge is 0.222 e. The van der Waals surface area contributed by atoms with Crippen LogP contribution >= 0.6 is 24.8 Å². The molecule has 132 valence electrons. The lowest BCUT2D eigenvalue weighted by atomic mass is 9.95. The molecule has 0 bridgehead atoms. The summed E-state index contributed by atoms with van der Waals surface area (Å²) < 4.78 is 5.38. The monoisotopic (exact) mass is 355 g/mol. The van der Waals surface area contributed by atoms with Gasteiger partial charge in [0.1, 0.15) is 0 Å². The molecule has 2 saturated heterocycles. The largest absolute Gasteiger partial charge is 0.379 e. The third-order valence-electron chi connectivity index (χ3n) is 4.40. The third kappa shape index (κ3) is 7.47. The summed E-state index contributed by atoms with van der Waals surface area (Å²) in [6.45, 7) is 7.92. The van der Waals surface area contributed by atoms with Gasteiger partial charge in [0.2, 0.25) is 5.91 Å². The van der Waals surface area contributed by atoms with E-state index in [0.29, 0.717) is 12.3 Å². The molecule has 0 radical (unpaired) electrons. The highest BCUT2D eigenvalue weighted by Gasteiger charge is 2.24. The summed E-state index contributed by atoms with van der Waals surface area (Å²) >= 11 is 0. The number of nitrogens with one attached hydrogen (secondary N) is 1. The number of amides is 1. The van der Waals surface area contributed by atoms with Crippen LogP contribution in [0.4, 0.5) is 0 Å². The molecule has 0 aromatic heterocycles. The van der Waals surface area contributed by atoms with Crippen LogP contribution in [-0.2, 0) is 9.53 Å². The van der Waals surface area contributed by atoms with Crippen molar-refractivity contribution < 1.29 is 9.53 Å². The standard InChI is InChI=1S/C15H29N3O2.2ClH/c1-16-6-2-3-15(19)18-7-4-14(5-8-18)13-17-9-11-20-12-10-17;;/h14,16H,2-13H2,1H3;2*1H. The fourth-order valence-corrected chi connectivity index (χ4v) is 3.09. The highest BCUT2D eigenvalue weighted by molar-refractivity contribution is 5.85. The SMILES string of the molecule is CNCCCC(=O)N1CCC(CN2CCOCC2)CC1.Cl.Cl. The first-order chi connectivity index (χ1) is 9.79. The maximum atomic E-state index is 12.0. The van der Waals surface area contributed by atoms with Gasteiger partial charge in [-0.15, -0.1) is 24.8 Å². The number of halogens is 2. The van der Waals surface area contributed by atoms with E-state index in [4.69, 9.17) is 4.74 Å². The summed E-state index contributed by atoms with van der Waals surface area (Å²) in [6.07, 6.45) is 3.96. The van der Waals surface area contributed by atoms with E-state index in [9.17, 15) is 4.79 Å². The van der Waals surface area contributed by atoms with E-state index in [0.717, 1.165) is 71.1 Å². The highest BCUT2D eigenvalue weighted by Crippen LogP contribution is 2.19. The predicted molar refractivity (Wildman–Crippen MR) is 94.2 cm³/mol. The van der Waals surface area contributed by atoms with Crippen molar-refractivity contribution >= 4 is 30.7 Å². The molecule has 2 heterocycles. The van der Waals surface area contributed by atoms with Crippen LogP contribution in [0, 0.1) is 5.92 Å². The maximum Gasteiger partial charge on any atom is 0.222 e. The highest BCUT2D eigenvalue weighted by atomic mass is 35.5. The van der Waals surface area contributed by atoms with Crippen LogP contribution in [0.5, 0.6) is 0 Å². The van der Waals surface area contributed by atoms with Gasteiger partial charge in [0.15, 0.2) is 0 Å². The molecule has 5 nitrogen and oxygen atoms in total. The Hall–Kier alpha value is -0.0700. The lowest BCUT2D eigenvalue weighted by molar-refractivity contribution is -0.132. The minimum absolute atomic E-state index is 0. The van der Waals surface area contributed by atoms with Crippen LogP contribution in [0.3, 0.4) is 0 Å². The number of ether oxygens (including phenoxy) is 1. The molecule has 2 fully saturated rings. The van der Waals surface area contributed by atoms with Gasteiger partial charge in [-0.1, -0.05) is 0 Å². The first-order valence-corrected chi connectivity index (χ1v) is 8.02. The molecule has 2 rings (SSSR count). The van der Waals surface area contributed by atoms with Gasteiger partial charge in [0.05, 0.1) is 13.2 Å². The van der Waals surface area contributed by atoms with Gasteiger partial charge in [-0.05, 0) is 38.8 Å². The van der Waals surface area contributed by atoms with Gasteiger partial charge in [-0.3, -0.25) is 9.69 Å². The molecule has 2 aliphatic rings. The zero-order valence-corrected chi connectivity index (χ0v) is 15.2. The van der Waals surface area contributed by atoms with Crippen LogP contribution in [0.15, 0.2) is 0 Å². The minimum atomic E-state index is 0. The Labute approximate surface area is 146 Å². The van der Waals surface area contributed by atoms with Gasteiger partial charge in [-0.25, -0.2) is 0 Å². The van der Waals surface area contributed by atoms with Crippen LogP contribution in [-0.4, -0.2) is 75.2 Å². The number of piperidine rings is 1. The van der Waals surface area contributed by atoms with Crippen LogP contribution in [0.2, 0.25) is 0 Å². The third-order valence-corrected chi connectivity index (χ3v) is 4.40. The van der Waals surface area contributed by atoms with Gasteiger partial charge < -0.3 is 15.0 Å². The average Bonchev–Trinajstić information content (AvgIpc) is 2.49. The fourth-order valence-electron chi connectivity index (χ4n) is 3.09. The Morgan fingerprint density at radius 2 is 1.77 bits per heavy atom. The predicted octanol–water partition coefficient (Wildman–Crippen LogP) is 1.40. The van der Waals surface area contributed by atoms with Crippen molar-refractivity contribution in [2.75, 3.05) is 59.5 Å². The number of carbonyl (C=O) groups is 1. The van der Waals surface area contributed by atoms with E-state index in [1.807, 2.05) is 7.05 Å². The van der Waals surface area contributed by atoms with Crippen LogP contribution in [0.25, 0.3) is 0 Å². The van der Waals surface area contributed by atoms with Crippen molar-refractivity contribution in [3.63, 3.8) is 0 Å². The molecule has 0 aliphatic carbocycles. The van der Waals surface area contributed by atoms with E-state index < -0.39 is 0 Å². The second-order valence-corrected chi connectivity index (χ2v) is 5.94. The second kappa shape index (κ2) is 12.4. The molecule has 1 N–H and O–H groups in total. The Balaban J connectivity index is 0.00000220. The molecule has 22 heavy (non-hydrogen) atoms. The molecule has 0 spiro atoms. The topological polar surface area (TPSA) is 44.8 Å². The van der Waals surface area contributed by atoms with Crippen molar-refractivity contribution in [2.45, 2.75) is 25.7 Å². The number of rotatable bonds is 6. The van der Waals surface area contributed by atoms with Crippen LogP contribution in [0.1, 0.15) is 25.7 Å². The zero-order chi connectivity index (χ0) is 14.2. The molecule has 0 atom stereocenters. The number of hydrogen-bond donors (Lipinski definition) is 1. The first-order valence-electron chi connectivity index (χ1n) is 8.02. The van der Waals surface area contributed by atoms with E-state index >= 15 is 0 Å². The van der Waals surface area contributed by atoms with E-state index in [-0.39, 0.29) is 24.8 Å². The molecule has 2 aliphatic heterocycles. The number of hydrogen-bond acceptors (Lipinski definition) is 4. The van der Waals surface area contributed by atoms with Crippen molar-refractivity contribution in [2.24, 2.45) is 5.92 Å². The van der Waals surface area contributed by atoms with Crippen molar-refractivity contribution in [1.29, 1.82) is 0 Å². The summed E-state index contributed by atoms with van der Waals surface area (Å²) in [5.74, 6) is 1.10. The first kappa shape index (κ1) is 21.9. The second-order valence-electron chi connectivity index (χ2n) is 5.94. The molecule has 0 saturated carbocycles. The summed E-state index contributed by atoms with van der Waals surface area (Å²) in [7, 11) is 1.93. The Morgan fingerprint density at radius 1 is 1.14 bits per heavy atom. The lowest BCUT2D eigenvalue weighted by Gasteiger charge is -2.36.